The predicted molar refractivity (Wildman–Crippen MR) is 123 cm³/mol. The number of nitrogens with zero attached hydrogens (tertiary/aromatic N) is 2. The summed E-state index contributed by atoms with van der Waals surface area (Å²) in [7, 11) is -8.91. The summed E-state index contributed by atoms with van der Waals surface area (Å²) < 4.78 is 63.9. The van der Waals surface area contributed by atoms with E-state index in [1.807, 2.05) is 0 Å². The van der Waals surface area contributed by atoms with Gasteiger partial charge in [-0.25, -0.2) is 16.8 Å². The molecule has 0 bridgehead atoms. The Morgan fingerprint density at radius 3 is 2.24 bits per heavy atom. The Labute approximate surface area is 261 Å². The van der Waals surface area contributed by atoms with Gasteiger partial charge in [0.1, 0.15) is 11.4 Å². The number of anilines is 1. The van der Waals surface area contributed by atoms with Crippen LogP contribution in [0.4, 0.5) is 17.1 Å². The van der Waals surface area contributed by atoms with Gasteiger partial charge in [-0.15, -0.1) is 5.11 Å². The first-order valence-electron chi connectivity index (χ1n) is 9.03. The Kier molecular flexibility index (Phi) is 15.3. The molecule has 0 aliphatic rings. The molecule has 3 aromatic carbocycles. The zero-order valence-electron chi connectivity index (χ0n) is 18.9. The van der Waals surface area contributed by atoms with Gasteiger partial charge in [-0.05, 0) is 47.9 Å². The Morgan fingerprint density at radius 2 is 1.65 bits per heavy atom. The van der Waals surface area contributed by atoms with Crippen molar-refractivity contribution in [3.05, 3.63) is 48.5 Å². The quantitative estimate of drug-likeness (QED) is 0.0346. The molecule has 3 N–H and O–H groups in total. The number of azo groups is 1. The molecular formula is C19H19N3Na2O10S3. The van der Waals surface area contributed by atoms with Crippen molar-refractivity contribution in [2.24, 2.45) is 10.2 Å². The summed E-state index contributed by atoms with van der Waals surface area (Å²) in [5.74, 6) is -0.924. The maximum atomic E-state index is 12.2. The SMILES string of the molecule is C.Nc1ccc2cc(SOO[O-])cc(O)c2c1N=Nc1ccc(S(=O)(=O)CCOS(=O)(=O)[O-])cc1.[Na+].[Na+]. The first-order chi connectivity index (χ1) is 16.0. The molecule has 0 unspecified atom stereocenters. The minimum atomic E-state index is -4.99. The van der Waals surface area contributed by atoms with Crippen LogP contribution in [0.15, 0.2) is 68.6 Å². The van der Waals surface area contributed by atoms with Crippen molar-refractivity contribution in [2.45, 2.75) is 17.2 Å². The molecule has 3 aromatic rings. The number of sulfone groups is 1. The summed E-state index contributed by atoms with van der Waals surface area (Å²) in [6, 6.07) is 11.2. The second kappa shape index (κ2) is 15.7. The average molecular weight is 592 g/mol. The van der Waals surface area contributed by atoms with Crippen molar-refractivity contribution in [3.63, 3.8) is 0 Å². The molecule has 0 aromatic heterocycles. The van der Waals surface area contributed by atoms with Gasteiger partial charge in [-0.2, -0.15) is 9.45 Å². The van der Waals surface area contributed by atoms with Gasteiger partial charge < -0.3 is 20.7 Å². The van der Waals surface area contributed by atoms with E-state index < -0.39 is 32.6 Å². The second-order valence-corrected chi connectivity index (χ2v) is 10.4. The molecule has 0 heterocycles. The molecule has 0 atom stereocenters. The normalized spacial score (nSPS) is 11.5. The van der Waals surface area contributed by atoms with E-state index in [1.54, 1.807) is 12.1 Å². The van der Waals surface area contributed by atoms with E-state index in [2.05, 4.69) is 23.8 Å². The fraction of sp³-hybridized carbons (Fsp3) is 0.158. The van der Waals surface area contributed by atoms with Crippen LogP contribution >= 0.6 is 12.0 Å². The van der Waals surface area contributed by atoms with E-state index in [9.17, 15) is 31.8 Å². The minimum absolute atomic E-state index is 0. The van der Waals surface area contributed by atoms with Gasteiger partial charge in [0.05, 0.1) is 46.1 Å². The van der Waals surface area contributed by atoms with E-state index in [-0.39, 0.29) is 99.6 Å². The Hall–Kier alpha value is -0.830. The molecule has 0 saturated heterocycles. The second-order valence-electron chi connectivity index (χ2n) is 6.51. The molecule has 13 nitrogen and oxygen atoms in total. The molecule has 3 rings (SSSR count). The van der Waals surface area contributed by atoms with Crippen LogP contribution in [0.2, 0.25) is 0 Å². The van der Waals surface area contributed by atoms with E-state index >= 15 is 0 Å². The largest absolute Gasteiger partial charge is 1.00 e. The molecule has 0 fully saturated rings. The number of rotatable bonds is 10. The van der Waals surface area contributed by atoms with Crippen molar-refractivity contribution in [2.75, 3.05) is 18.1 Å². The molecule has 0 amide bonds. The van der Waals surface area contributed by atoms with E-state index in [1.165, 1.54) is 36.4 Å². The van der Waals surface area contributed by atoms with Gasteiger partial charge in [0.15, 0.2) is 9.84 Å². The molecule has 18 heteroatoms. The minimum Gasteiger partial charge on any atom is -0.726 e. The van der Waals surface area contributed by atoms with Crippen molar-refractivity contribution < 1.29 is 104 Å². The summed E-state index contributed by atoms with van der Waals surface area (Å²) in [5.41, 5.74) is 6.60. The Bertz CT molecular complexity index is 1440. The van der Waals surface area contributed by atoms with Crippen LogP contribution in [-0.4, -0.2) is 38.9 Å². The molecule has 0 aliphatic carbocycles. The van der Waals surface area contributed by atoms with Crippen LogP contribution in [0.3, 0.4) is 0 Å². The number of nitrogens with two attached hydrogens (primary N) is 1. The van der Waals surface area contributed by atoms with Gasteiger partial charge >= 0.3 is 59.1 Å². The maximum Gasteiger partial charge on any atom is 1.00 e. The number of phenolic OH excluding ortho intramolecular Hbond substituents is 1. The molecular weight excluding hydrogens is 572 g/mol. The summed E-state index contributed by atoms with van der Waals surface area (Å²) >= 11 is 0.597. The predicted octanol–water partition coefficient (Wildman–Crippen LogP) is -3.33. The van der Waals surface area contributed by atoms with E-state index in [0.29, 0.717) is 22.3 Å². The third-order valence-electron chi connectivity index (χ3n) is 4.27. The zero-order valence-corrected chi connectivity index (χ0v) is 25.3. The molecule has 0 aliphatic heterocycles. The molecule has 190 valence electrons. The van der Waals surface area contributed by atoms with Crippen molar-refractivity contribution >= 4 is 60.1 Å². The number of phenols is 1. The number of hydrogen-bond donors (Lipinski definition) is 2. The topological polar surface area (TPSA) is 213 Å². The maximum absolute atomic E-state index is 12.2. The van der Waals surface area contributed by atoms with Gasteiger partial charge in [0.2, 0.25) is 10.4 Å². The van der Waals surface area contributed by atoms with Crippen LogP contribution < -0.4 is 70.1 Å². The molecule has 0 saturated carbocycles. The number of fused-ring (bicyclic) bond motifs is 1. The molecule has 0 radical (unpaired) electrons. The van der Waals surface area contributed by atoms with Gasteiger partial charge in [0.25, 0.3) is 0 Å². The Balaban J connectivity index is 0.00000432. The third kappa shape index (κ3) is 10.3. The van der Waals surface area contributed by atoms with Gasteiger partial charge in [-0.3, -0.25) is 9.22 Å². The first-order valence-corrected chi connectivity index (χ1v) is 12.8. The standard InChI is InChI=1S/C18H17N3O10S3.CH4.2Na/c19-15-6-1-11-9-13(32-31-30-23)10-16(22)17(11)18(15)21-20-12-2-4-14(5-3-12)33(24,25)8-7-29-34(26,27)28;;;/h1-6,9-10,22-23H,7-8,19H2,(H,26,27,28);1H4;;/q;;2*+1/p-2. The molecule has 0 spiro atoms. The zero-order chi connectivity index (χ0) is 24.9. The summed E-state index contributed by atoms with van der Waals surface area (Å²) in [4.78, 5) is 0.235. The average Bonchev–Trinajstić information content (AvgIpc) is 2.76. The molecule has 37 heavy (non-hydrogen) atoms. The van der Waals surface area contributed by atoms with Crippen LogP contribution in [0, 0.1) is 0 Å². The van der Waals surface area contributed by atoms with Crippen LogP contribution in [-0.2, 0) is 33.8 Å². The van der Waals surface area contributed by atoms with E-state index in [0.717, 1.165) is 0 Å². The van der Waals surface area contributed by atoms with Crippen LogP contribution in [0.5, 0.6) is 5.75 Å². The van der Waals surface area contributed by atoms with Crippen molar-refractivity contribution in [1.82, 2.24) is 0 Å². The smallest absolute Gasteiger partial charge is 0.726 e. The van der Waals surface area contributed by atoms with Crippen LogP contribution in [0.25, 0.3) is 10.8 Å². The van der Waals surface area contributed by atoms with Crippen molar-refractivity contribution in [1.29, 1.82) is 0 Å². The number of nitrogen functional groups attached to an aromatic ring is 1. The fourth-order valence-electron chi connectivity index (χ4n) is 2.81. The van der Waals surface area contributed by atoms with Crippen molar-refractivity contribution in [3.8, 4) is 5.75 Å². The van der Waals surface area contributed by atoms with Gasteiger partial charge in [0, 0.05) is 4.90 Å². The van der Waals surface area contributed by atoms with Crippen LogP contribution in [0.1, 0.15) is 7.43 Å². The summed E-state index contributed by atoms with van der Waals surface area (Å²) in [5, 5.41) is 32.6. The first kappa shape index (κ1) is 36.2. The summed E-state index contributed by atoms with van der Waals surface area (Å²) in [6.07, 6.45) is 0. The Morgan fingerprint density at radius 1 is 1.00 bits per heavy atom. The number of aromatic hydroxyl groups is 1. The van der Waals surface area contributed by atoms with Gasteiger partial charge in [-0.1, -0.05) is 13.5 Å². The summed E-state index contributed by atoms with van der Waals surface area (Å²) in [6.45, 7) is -0.810. The van der Waals surface area contributed by atoms with E-state index in [4.69, 9.17) is 5.73 Å². The third-order valence-corrected chi connectivity index (χ3v) is 6.97. The number of hydrogen-bond acceptors (Lipinski definition) is 14. The monoisotopic (exact) mass is 591 g/mol. The fourth-order valence-corrected chi connectivity index (χ4v) is 4.74. The number of benzene rings is 3.